The van der Waals surface area contributed by atoms with Crippen molar-refractivity contribution in [2.24, 2.45) is 10.9 Å². The number of amidine groups is 1. The van der Waals surface area contributed by atoms with Gasteiger partial charge in [0.15, 0.2) is 5.84 Å². The molecule has 0 bridgehead atoms. The van der Waals surface area contributed by atoms with E-state index < -0.39 is 0 Å². The first kappa shape index (κ1) is 16.1. The number of aliphatic hydroxyl groups excluding tert-OH is 1. The largest absolute Gasteiger partial charge is 0.409 e. The first-order valence-corrected chi connectivity index (χ1v) is 7.67. The van der Waals surface area contributed by atoms with E-state index in [1.54, 1.807) is 12.1 Å². The Balaban J connectivity index is 1.99. The number of rotatable bonds is 4. The van der Waals surface area contributed by atoms with Crippen LogP contribution in [0.15, 0.2) is 23.4 Å². The zero-order valence-electron chi connectivity index (χ0n) is 11.9. The Morgan fingerprint density at radius 1 is 1.33 bits per heavy atom. The Labute approximate surface area is 129 Å². The lowest BCUT2D eigenvalue weighted by Gasteiger charge is -2.22. The van der Waals surface area contributed by atoms with E-state index in [2.05, 4.69) is 10.5 Å². The van der Waals surface area contributed by atoms with E-state index in [4.69, 9.17) is 22.5 Å². The molecule has 116 valence electrons. The van der Waals surface area contributed by atoms with Crippen molar-refractivity contribution in [3.8, 4) is 0 Å². The zero-order chi connectivity index (χ0) is 15.2. The molecule has 0 aliphatic heterocycles. The van der Waals surface area contributed by atoms with Crippen LogP contribution < -0.4 is 11.1 Å². The Morgan fingerprint density at radius 2 is 2.10 bits per heavy atom. The van der Waals surface area contributed by atoms with Crippen LogP contribution in [0.2, 0.25) is 5.02 Å². The van der Waals surface area contributed by atoms with Gasteiger partial charge in [0.2, 0.25) is 0 Å². The molecule has 1 aromatic carbocycles. The van der Waals surface area contributed by atoms with Crippen molar-refractivity contribution in [3.05, 3.63) is 34.3 Å². The van der Waals surface area contributed by atoms with E-state index in [1.807, 2.05) is 6.07 Å². The second-order valence-corrected chi connectivity index (χ2v) is 5.89. The number of benzene rings is 1. The van der Waals surface area contributed by atoms with Crippen molar-refractivity contribution >= 4 is 17.4 Å². The van der Waals surface area contributed by atoms with Gasteiger partial charge >= 0.3 is 0 Å². The van der Waals surface area contributed by atoms with E-state index in [-0.39, 0.29) is 18.0 Å². The van der Waals surface area contributed by atoms with Crippen LogP contribution >= 0.6 is 11.6 Å². The molecule has 0 radical (unpaired) electrons. The molecule has 6 heteroatoms. The number of nitrogens with one attached hydrogen (secondary N) is 1. The first-order chi connectivity index (χ1) is 10.1. The summed E-state index contributed by atoms with van der Waals surface area (Å²) in [4.78, 5) is 0. The fraction of sp³-hybridized carbons (Fsp3) is 0.533. The summed E-state index contributed by atoms with van der Waals surface area (Å²) < 4.78 is 0. The van der Waals surface area contributed by atoms with Gasteiger partial charge in [-0.2, -0.15) is 0 Å². The molecule has 0 amide bonds. The molecule has 0 saturated heterocycles. The van der Waals surface area contributed by atoms with Gasteiger partial charge in [-0.1, -0.05) is 48.2 Å². The normalized spacial score (nSPS) is 23.8. The highest BCUT2D eigenvalue weighted by molar-refractivity contribution is 6.31. The van der Waals surface area contributed by atoms with Crippen LogP contribution in [0.3, 0.4) is 0 Å². The second kappa shape index (κ2) is 7.64. The van der Waals surface area contributed by atoms with Gasteiger partial charge in [0, 0.05) is 23.2 Å². The van der Waals surface area contributed by atoms with E-state index in [9.17, 15) is 5.11 Å². The number of hydrogen-bond acceptors (Lipinski definition) is 4. The fourth-order valence-electron chi connectivity index (χ4n) is 2.67. The summed E-state index contributed by atoms with van der Waals surface area (Å²) in [6.07, 6.45) is 4.97. The fourth-order valence-corrected chi connectivity index (χ4v) is 2.92. The molecule has 5 nitrogen and oxygen atoms in total. The van der Waals surface area contributed by atoms with Gasteiger partial charge in [-0.25, -0.2) is 0 Å². The predicted molar refractivity (Wildman–Crippen MR) is 83.7 cm³/mol. The summed E-state index contributed by atoms with van der Waals surface area (Å²) in [6, 6.07) is 5.41. The summed E-state index contributed by atoms with van der Waals surface area (Å²) in [6.45, 7) is 0.594. The molecule has 2 rings (SSSR count). The van der Waals surface area contributed by atoms with Crippen LogP contribution in [-0.4, -0.2) is 28.3 Å². The number of nitrogens with zero attached hydrogens (tertiary/aromatic N) is 1. The minimum absolute atomic E-state index is 0.0376. The van der Waals surface area contributed by atoms with Crippen LogP contribution in [0.4, 0.5) is 0 Å². The number of oxime groups is 1. The molecule has 1 aliphatic rings. The number of halogens is 1. The van der Waals surface area contributed by atoms with Crippen molar-refractivity contribution in [2.75, 3.05) is 0 Å². The van der Waals surface area contributed by atoms with E-state index >= 15 is 0 Å². The van der Waals surface area contributed by atoms with E-state index in [0.29, 0.717) is 17.1 Å². The van der Waals surface area contributed by atoms with Crippen molar-refractivity contribution in [3.63, 3.8) is 0 Å². The quantitative estimate of drug-likeness (QED) is 0.226. The SMILES string of the molecule is N/C(=N/O)c1ccc(CNC2CCCCCC2O)c(Cl)c1. The maximum Gasteiger partial charge on any atom is 0.170 e. The summed E-state index contributed by atoms with van der Waals surface area (Å²) in [5, 5.41) is 25.7. The average molecular weight is 312 g/mol. The molecule has 21 heavy (non-hydrogen) atoms. The van der Waals surface area contributed by atoms with Gasteiger partial charge in [-0.15, -0.1) is 0 Å². The first-order valence-electron chi connectivity index (χ1n) is 7.29. The molecule has 1 aromatic rings. The van der Waals surface area contributed by atoms with Crippen molar-refractivity contribution < 1.29 is 10.3 Å². The van der Waals surface area contributed by atoms with E-state index in [0.717, 1.165) is 31.2 Å². The highest BCUT2D eigenvalue weighted by Gasteiger charge is 2.21. The number of nitrogens with two attached hydrogens (primary N) is 1. The lowest BCUT2D eigenvalue weighted by atomic mass is 10.1. The average Bonchev–Trinajstić information content (AvgIpc) is 2.69. The summed E-state index contributed by atoms with van der Waals surface area (Å²) in [5.74, 6) is 0.0376. The van der Waals surface area contributed by atoms with Gasteiger partial charge in [0.05, 0.1) is 6.10 Å². The molecule has 0 heterocycles. The third-order valence-corrected chi connectivity index (χ3v) is 4.34. The van der Waals surface area contributed by atoms with Gasteiger partial charge in [0.1, 0.15) is 0 Å². The molecular formula is C15H22ClN3O2. The third-order valence-electron chi connectivity index (χ3n) is 3.99. The van der Waals surface area contributed by atoms with Crippen LogP contribution in [0.1, 0.15) is 43.2 Å². The summed E-state index contributed by atoms with van der Waals surface area (Å²) in [5.41, 5.74) is 7.05. The van der Waals surface area contributed by atoms with Crippen molar-refractivity contribution in [1.82, 2.24) is 5.32 Å². The Morgan fingerprint density at radius 3 is 2.81 bits per heavy atom. The molecule has 1 aliphatic carbocycles. The Hall–Kier alpha value is -1.30. The monoisotopic (exact) mass is 311 g/mol. The van der Waals surface area contributed by atoms with Gasteiger partial charge in [-0.05, 0) is 24.5 Å². The maximum atomic E-state index is 10.1. The van der Waals surface area contributed by atoms with E-state index in [1.165, 1.54) is 6.42 Å². The predicted octanol–water partition coefficient (Wildman–Crippen LogP) is 2.22. The zero-order valence-corrected chi connectivity index (χ0v) is 12.7. The van der Waals surface area contributed by atoms with Crippen LogP contribution in [-0.2, 0) is 6.54 Å². The molecule has 2 atom stereocenters. The lowest BCUT2D eigenvalue weighted by Crippen LogP contribution is -2.38. The lowest BCUT2D eigenvalue weighted by molar-refractivity contribution is 0.119. The summed E-state index contributed by atoms with van der Waals surface area (Å²) in [7, 11) is 0. The number of aliphatic hydroxyl groups is 1. The highest BCUT2D eigenvalue weighted by Crippen LogP contribution is 2.21. The Bertz CT molecular complexity index is 508. The van der Waals surface area contributed by atoms with Gasteiger partial charge < -0.3 is 21.4 Å². The molecule has 5 N–H and O–H groups in total. The van der Waals surface area contributed by atoms with Crippen molar-refractivity contribution in [2.45, 2.75) is 50.8 Å². The van der Waals surface area contributed by atoms with Crippen LogP contribution in [0, 0.1) is 0 Å². The molecule has 1 saturated carbocycles. The molecule has 0 aromatic heterocycles. The smallest absolute Gasteiger partial charge is 0.170 e. The summed E-state index contributed by atoms with van der Waals surface area (Å²) >= 11 is 6.22. The van der Waals surface area contributed by atoms with Crippen LogP contribution in [0.25, 0.3) is 0 Å². The highest BCUT2D eigenvalue weighted by atomic mass is 35.5. The Kier molecular flexibility index (Phi) is 5.85. The molecule has 1 fully saturated rings. The van der Waals surface area contributed by atoms with Gasteiger partial charge in [-0.3, -0.25) is 0 Å². The second-order valence-electron chi connectivity index (χ2n) is 5.48. The topological polar surface area (TPSA) is 90.9 Å². The number of hydrogen-bond donors (Lipinski definition) is 4. The van der Waals surface area contributed by atoms with Gasteiger partial charge in [0.25, 0.3) is 0 Å². The maximum absolute atomic E-state index is 10.1. The molecular weight excluding hydrogens is 290 g/mol. The molecule has 0 spiro atoms. The third kappa shape index (κ3) is 4.33. The minimum atomic E-state index is -0.289. The van der Waals surface area contributed by atoms with Crippen molar-refractivity contribution in [1.29, 1.82) is 0 Å². The molecule has 2 unspecified atom stereocenters. The minimum Gasteiger partial charge on any atom is -0.409 e. The standard InChI is InChI=1S/C15H22ClN3O2/c16-12-8-10(15(17)19-21)6-7-11(12)9-18-13-4-2-1-3-5-14(13)20/h6-8,13-14,18,20-21H,1-5,9H2,(H2,17,19). The van der Waals surface area contributed by atoms with Crippen LogP contribution in [0.5, 0.6) is 0 Å².